The first-order valence-corrected chi connectivity index (χ1v) is 7.59. The van der Waals surface area contributed by atoms with Crippen molar-refractivity contribution in [1.82, 2.24) is 0 Å². The van der Waals surface area contributed by atoms with E-state index in [2.05, 4.69) is 5.32 Å². The molecule has 0 aliphatic carbocycles. The Labute approximate surface area is 137 Å². The fourth-order valence-electron chi connectivity index (χ4n) is 2.50. The third kappa shape index (κ3) is 3.35. The van der Waals surface area contributed by atoms with Gasteiger partial charge in [-0.3, -0.25) is 9.59 Å². The third-order valence-corrected chi connectivity index (χ3v) is 3.93. The number of rotatable bonds is 3. The van der Waals surface area contributed by atoms with E-state index in [1.165, 1.54) is 12.1 Å². The molecule has 1 N–H and O–H groups in total. The van der Waals surface area contributed by atoms with Crippen LogP contribution in [0.5, 0.6) is 0 Å². The van der Waals surface area contributed by atoms with Gasteiger partial charge in [-0.15, -0.1) is 0 Å². The van der Waals surface area contributed by atoms with Gasteiger partial charge in [-0.2, -0.15) is 0 Å². The molecule has 1 aliphatic rings. The highest BCUT2D eigenvalue weighted by molar-refractivity contribution is 6.30. The molecule has 0 bridgehead atoms. The fraction of sp³-hybridized carbons (Fsp3) is 0.176. The Hall–Kier alpha value is -2.40. The standard InChI is InChI=1S/C17H14ClFN2O2/c18-12-5-8-15(14(19)10-12)20-17(23)11-3-6-13(7-4-11)21-9-1-2-16(21)22/h3-8,10H,1-2,9H2,(H,20,23). The lowest BCUT2D eigenvalue weighted by atomic mass is 10.1. The summed E-state index contributed by atoms with van der Waals surface area (Å²) in [5, 5.41) is 2.76. The molecule has 1 saturated heterocycles. The summed E-state index contributed by atoms with van der Waals surface area (Å²) in [6, 6.07) is 10.7. The number of hydrogen-bond donors (Lipinski definition) is 1. The SMILES string of the molecule is O=C(Nc1ccc(Cl)cc1F)c1ccc(N2CCCC2=O)cc1. The molecule has 1 fully saturated rings. The fourth-order valence-corrected chi connectivity index (χ4v) is 2.66. The molecule has 0 aromatic heterocycles. The largest absolute Gasteiger partial charge is 0.319 e. The minimum atomic E-state index is -0.592. The van der Waals surface area contributed by atoms with Crippen LogP contribution in [-0.4, -0.2) is 18.4 Å². The van der Waals surface area contributed by atoms with E-state index in [1.807, 2.05) is 0 Å². The predicted molar refractivity (Wildman–Crippen MR) is 87.4 cm³/mol. The zero-order valence-corrected chi connectivity index (χ0v) is 12.9. The topological polar surface area (TPSA) is 49.4 Å². The van der Waals surface area contributed by atoms with Crippen molar-refractivity contribution in [2.45, 2.75) is 12.8 Å². The number of nitrogens with one attached hydrogen (secondary N) is 1. The smallest absolute Gasteiger partial charge is 0.255 e. The van der Waals surface area contributed by atoms with Crippen LogP contribution in [-0.2, 0) is 4.79 Å². The van der Waals surface area contributed by atoms with E-state index < -0.39 is 11.7 Å². The Balaban J connectivity index is 1.74. The molecule has 1 heterocycles. The zero-order chi connectivity index (χ0) is 16.4. The van der Waals surface area contributed by atoms with E-state index in [9.17, 15) is 14.0 Å². The van der Waals surface area contributed by atoms with Gasteiger partial charge in [0, 0.05) is 29.2 Å². The summed E-state index contributed by atoms with van der Waals surface area (Å²) >= 11 is 5.68. The van der Waals surface area contributed by atoms with Gasteiger partial charge < -0.3 is 10.2 Å². The third-order valence-electron chi connectivity index (χ3n) is 3.69. The number of hydrogen-bond acceptors (Lipinski definition) is 2. The molecule has 2 aromatic carbocycles. The Bertz CT molecular complexity index is 762. The van der Waals surface area contributed by atoms with Gasteiger partial charge in [0.15, 0.2) is 0 Å². The van der Waals surface area contributed by atoms with Gasteiger partial charge >= 0.3 is 0 Å². The maximum absolute atomic E-state index is 13.7. The van der Waals surface area contributed by atoms with Crippen molar-refractivity contribution in [2.75, 3.05) is 16.8 Å². The van der Waals surface area contributed by atoms with Crippen molar-refractivity contribution < 1.29 is 14.0 Å². The lowest BCUT2D eigenvalue weighted by molar-refractivity contribution is -0.117. The lowest BCUT2D eigenvalue weighted by Crippen LogP contribution is -2.23. The lowest BCUT2D eigenvalue weighted by Gasteiger charge is -2.15. The van der Waals surface area contributed by atoms with E-state index in [4.69, 9.17) is 11.6 Å². The van der Waals surface area contributed by atoms with Crippen molar-refractivity contribution >= 4 is 34.8 Å². The number of carbonyl (C=O) groups excluding carboxylic acids is 2. The molecule has 2 amide bonds. The number of halogens is 2. The molecule has 0 spiro atoms. The van der Waals surface area contributed by atoms with E-state index >= 15 is 0 Å². The Morgan fingerprint density at radius 3 is 2.52 bits per heavy atom. The van der Waals surface area contributed by atoms with Crippen LogP contribution >= 0.6 is 11.6 Å². The first-order chi connectivity index (χ1) is 11.0. The molecule has 0 saturated carbocycles. The number of benzene rings is 2. The molecule has 118 valence electrons. The summed E-state index contributed by atoms with van der Waals surface area (Å²) in [6.07, 6.45) is 1.40. The second kappa shape index (κ2) is 6.38. The van der Waals surface area contributed by atoms with Crippen molar-refractivity contribution in [3.05, 3.63) is 58.9 Å². The summed E-state index contributed by atoms with van der Waals surface area (Å²) in [4.78, 5) is 25.5. The maximum Gasteiger partial charge on any atom is 0.255 e. The molecule has 0 unspecified atom stereocenters. The van der Waals surface area contributed by atoms with Gasteiger partial charge in [-0.05, 0) is 48.9 Å². The Kier molecular flexibility index (Phi) is 4.30. The van der Waals surface area contributed by atoms with E-state index in [0.29, 0.717) is 18.5 Å². The first kappa shape index (κ1) is 15.5. The van der Waals surface area contributed by atoms with Gasteiger partial charge in [0.1, 0.15) is 5.82 Å². The quantitative estimate of drug-likeness (QED) is 0.928. The van der Waals surface area contributed by atoms with E-state index in [-0.39, 0.29) is 16.6 Å². The number of amides is 2. The molecule has 1 aliphatic heterocycles. The summed E-state index contributed by atoms with van der Waals surface area (Å²) in [7, 11) is 0. The highest BCUT2D eigenvalue weighted by Crippen LogP contribution is 2.23. The molecule has 0 radical (unpaired) electrons. The average Bonchev–Trinajstić information content (AvgIpc) is 2.96. The van der Waals surface area contributed by atoms with Crippen LogP contribution in [0.3, 0.4) is 0 Å². The van der Waals surface area contributed by atoms with Crippen LogP contribution in [0.25, 0.3) is 0 Å². The van der Waals surface area contributed by atoms with Crippen molar-refractivity contribution in [1.29, 1.82) is 0 Å². The maximum atomic E-state index is 13.7. The molecule has 4 nitrogen and oxygen atoms in total. The molecule has 6 heteroatoms. The molecule has 2 aromatic rings. The van der Waals surface area contributed by atoms with E-state index in [0.717, 1.165) is 18.2 Å². The second-order valence-electron chi connectivity index (χ2n) is 5.27. The van der Waals surface area contributed by atoms with Crippen LogP contribution in [0.1, 0.15) is 23.2 Å². The van der Waals surface area contributed by atoms with Gasteiger partial charge in [0.2, 0.25) is 5.91 Å². The van der Waals surface area contributed by atoms with Crippen molar-refractivity contribution in [3.8, 4) is 0 Å². The number of carbonyl (C=O) groups is 2. The minimum Gasteiger partial charge on any atom is -0.319 e. The zero-order valence-electron chi connectivity index (χ0n) is 12.2. The van der Waals surface area contributed by atoms with Gasteiger partial charge in [0.05, 0.1) is 5.69 Å². The van der Waals surface area contributed by atoms with Gasteiger partial charge in [0.25, 0.3) is 5.91 Å². The predicted octanol–water partition coefficient (Wildman–Crippen LogP) is 3.86. The summed E-state index contributed by atoms with van der Waals surface area (Å²) < 4.78 is 13.7. The Morgan fingerprint density at radius 1 is 1.17 bits per heavy atom. The molecular formula is C17H14ClFN2O2. The highest BCUT2D eigenvalue weighted by atomic mass is 35.5. The van der Waals surface area contributed by atoms with Crippen LogP contribution < -0.4 is 10.2 Å². The molecule has 3 rings (SSSR count). The first-order valence-electron chi connectivity index (χ1n) is 7.21. The summed E-state index contributed by atoms with van der Waals surface area (Å²) in [5.74, 6) is -0.930. The average molecular weight is 333 g/mol. The van der Waals surface area contributed by atoms with Crippen LogP contribution in [0.2, 0.25) is 5.02 Å². The second-order valence-corrected chi connectivity index (χ2v) is 5.71. The molecule has 23 heavy (non-hydrogen) atoms. The van der Waals surface area contributed by atoms with Crippen LogP contribution in [0, 0.1) is 5.82 Å². The summed E-state index contributed by atoms with van der Waals surface area (Å²) in [6.45, 7) is 0.695. The molecular weight excluding hydrogens is 319 g/mol. The van der Waals surface area contributed by atoms with Crippen molar-refractivity contribution in [3.63, 3.8) is 0 Å². The monoisotopic (exact) mass is 332 g/mol. The minimum absolute atomic E-state index is 0.0678. The summed E-state index contributed by atoms with van der Waals surface area (Å²) in [5.41, 5.74) is 1.22. The van der Waals surface area contributed by atoms with Crippen LogP contribution in [0.15, 0.2) is 42.5 Å². The number of nitrogens with zero attached hydrogens (tertiary/aromatic N) is 1. The van der Waals surface area contributed by atoms with Crippen LogP contribution in [0.4, 0.5) is 15.8 Å². The Morgan fingerprint density at radius 2 is 1.91 bits per heavy atom. The normalized spacial score (nSPS) is 14.2. The van der Waals surface area contributed by atoms with Crippen molar-refractivity contribution in [2.24, 2.45) is 0 Å². The van der Waals surface area contributed by atoms with Gasteiger partial charge in [-0.25, -0.2) is 4.39 Å². The highest BCUT2D eigenvalue weighted by Gasteiger charge is 2.21. The molecule has 0 atom stereocenters. The number of anilines is 2. The van der Waals surface area contributed by atoms with E-state index in [1.54, 1.807) is 29.2 Å². The van der Waals surface area contributed by atoms with Gasteiger partial charge in [-0.1, -0.05) is 11.6 Å².